The van der Waals surface area contributed by atoms with E-state index in [1.165, 1.54) is 11.8 Å². The van der Waals surface area contributed by atoms with Crippen molar-refractivity contribution in [1.29, 1.82) is 0 Å². The molecule has 0 spiro atoms. The number of benzene rings is 1. The van der Waals surface area contributed by atoms with Gasteiger partial charge in [0.25, 0.3) is 0 Å². The van der Waals surface area contributed by atoms with Crippen molar-refractivity contribution in [3.05, 3.63) is 35.7 Å². The summed E-state index contributed by atoms with van der Waals surface area (Å²) >= 11 is 1.43. The first-order chi connectivity index (χ1) is 9.49. The van der Waals surface area contributed by atoms with Gasteiger partial charge in [-0.25, -0.2) is 0 Å². The lowest BCUT2D eigenvalue weighted by Gasteiger charge is -2.07. The van der Waals surface area contributed by atoms with Crippen LogP contribution in [0.2, 0.25) is 0 Å². The molecule has 106 valence electrons. The fourth-order valence-corrected chi connectivity index (χ4v) is 2.65. The van der Waals surface area contributed by atoms with Gasteiger partial charge in [0.1, 0.15) is 0 Å². The number of nitrogens with one attached hydrogen (secondary N) is 1. The molecule has 0 aliphatic rings. The molecule has 3 N–H and O–H groups in total. The van der Waals surface area contributed by atoms with Crippen molar-refractivity contribution in [3.8, 4) is 0 Å². The molecule has 0 aliphatic heterocycles. The maximum Gasteiger partial charge on any atom is 0.234 e. The second-order valence-electron chi connectivity index (χ2n) is 4.54. The third-order valence-corrected chi connectivity index (χ3v) is 4.14. The summed E-state index contributed by atoms with van der Waals surface area (Å²) in [6.45, 7) is 3.81. The minimum absolute atomic E-state index is 0.0579. The van der Waals surface area contributed by atoms with Gasteiger partial charge in [0.05, 0.1) is 22.8 Å². The molecular weight excluding hydrogens is 272 g/mol. The third kappa shape index (κ3) is 3.14. The van der Waals surface area contributed by atoms with E-state index in [0.717, 1.165) is 22.0 Å². The van der Waals surface area contributed by atoms with Crippen LogP contribution >= 0.6 is 11.8 Å². The summed E-state index contributed by atoms with van der Waals surface area (Å²) in [5.74, 6) is 0.264. The second-order valence-corrected chi connectivity index (χ2v) is 5.56. The predicted octanol–water partition coefficient (Wildman–Crippen LogP) is 2.35. The average molecular weight is 290 g/mol. The lowest BCUT2D eigenvalue weighted by Crippen LogP contribution is -2.15. The zero-order chi connectivity index (χ0) is 14.7. The van der Waals surface area contributed by atoms with Crippen LogP contribution in [0, 0.1) is 13.8 Å². The van der Waals surface area contributed by atoms with Gasteiger partial charge in [0, 0.05) is 17.6 Å². The van der Waals surface area contributed by atoms with Crippen LogP contribution in [-0.2, 0) is 11.8 Å². The summed E-state index contributed by atoms with van der Waals surface area (Å²) in [7, 11) is 1.86. The predicted molar refractivity (Wildman–Crippen MR) is 82.9 cm³/mol. The summed E-state index contributed by atoms with van der Waals surface area (Å²) in [6.07, 6.45) is 0. The van der Waals surface area contributed by atoms with Crippen molar-refractivity contribution in [2.45, 2.75) is 18.7 Å². The minimum atomic E-state index is -0.0579. The van der Waals surface area contributed by atoms with Gasteiger partial charge < -0.3 is 11.1 Å². The Morgan fingerprint density at radius 2 is 2.10 bits per heavy atom. The highest BCUT2D eigenvalue weighted by Gasteiger charge is 2.12. The Morgan fingerprint density at radius 3 is 2.70 bits per heavy atom. The zero-order valence-corrected chi connectivity index (χ0v) is 12.6. The topological polar surface area (TPSA) is 72.9 Å². The Labute approximate surface area is 122 Å². The fraction of sp³-hybridized carbons (Fsp3) is 0.286. The van der Waals surface area contributed by atoms with Crippen molar-refractivity contribution in [2.24, 2.45) is 7.05 Å². The summed E-state index contributed by atoms with van der Waals surface area (Å²) in [4.78, 5) is 12.9. The molecule has 0 atom stereocenters. The van der Waals surface area contributed by atoms with E-state index >= 15 is 0 Å². The lowest BCUT2D eigenvalue weighted by atomic mass is 10.3. The number of amides is 1. The molecule has 6 heteroatoms. The first kappa shape index (κ1) is 14.5. The minimum Gasteiger partial charge on any atom is -0.398 e. The number of anilines is 2. The molecule has 2 rings (SSSR count). The van der Waals surface area contributed by atoms with E-state index in [-0.39, 0.29) is 5.91 Å². The molecule has 2 aromatic rings. The van der Waals surface area contributed by atoms with Crippen molar-refractivity contribution in [1.82, 2.24) is 9.78 Å². The van der Waals surface area contributed by atoms with Crippen molar-refractivity contribution in [3.63, 3.8) is 0 Å². The number of nitrogen functional groups attached to an aromatic ring is 1. The van der Waals surface area contributed by atoms with Crippen LogP contribution in [0.5, 0.6) is 0 Å². The second kappa shape index (κ2) is 6.00. The average Bonchev–Trinajstić information content (AvgIpc) is 2.64. The van der Waals surface area contributed by atoms with Crippen LogP contribution in [0.25, 0.3) is 0 Å². The van der Waals surface area contributed by atoms with E-state index < -0.39 is 0 Å². The molecule has 1 amide bonds. The van der Waals surface area contributed by atoms with Gasteiger partial charge in [-0.1, -0.05) is 12.1 Å². The number of aryl methyl sites for hydroxylation is 2. The third-order valence-electron chi connectivity index (χ3n) is 3.05. The normalized spacial score (nSPS) is 10.6. The van der Waals surface area contributed by atoms with Crippen LogP contribution in [0.15, 0.2) is 29.2 Å². The van der Waals surface area contributed by atoms with Crippen LogP contribution in [-0.4, -0.2) is 21.4 Å². The molecular formula is C14H18N4OS. The molecule has 20 heavy (non-hydrogen) atoms. The van der Waals surface area contributed by atoms with E-state index in [1.807, 2.05) is 45.2 Å². The van der Waals surface area contributed by atoms with Gasteiger partial charge in [-0.3, -0.25) is 9.48 Å². The van der Waals surface area contributed by atoms with E-state index in [1.54, 1.807) is 4.68 Å². The molecule has 0 fully saturated rings. The number of carbonyl (C=O) groups excluding carboxylic acids is 1. The monoisotopic (exact) mass is 290 g/mol. The van der Waals surface area contributed by atoms with E-state index in [0.29, 0.717) is 11.4 Å². The lowest BCUT2D eigenvalue weighted by molar-refractivity contribution is -0.113. The van der Waals surface area contributed by atoms with Crippen molar-refractivity contribution in [2.75, 3.05) is 16.8 Å². The number of para-hydroxylation sites is 1. The molecule has 1 heterocycles. The SMILES string of the molecule is Cc1nn(C)c(C)c1NC(=O)CSc1ccccc1N. The number of thioether (sulfide) groups is 1. The van der Waals surface area contributed by atoms with Gasteiger partial charge in [0.2, 0.25) is 5.91 Å². The maximum atomic E-state index is 12.0. The first-order valence-electron chi connectivity index (χ1n) is 6.26. The Bertz CT molecular complexity index is 636. The first-order valence-corrected chi connectivity index (χ1v) is 7.25. The van der Waals surface area contributed by atoms with Crippen LogP contribution < -0.4 is 11.1 Å². The zero-order valence-electron chi connectivity index (χ0n) is 11.8. The molecule has 1 aromatic heterocycles. The highest BCUT2D eigenvalue weighted by Crippen LogP contribution is 2.25. The number of nitrogens with two attached hydrogens (primary N) is 1. The molecule has 1 aromatic carbocycles. The van der Waals surface area contributed by atoms with E-state index in [9.17, 15) is 4.79 Å². The molecule has 0 saturated heterocycles. The highest BCUT2D eigenvalue weighted by molar-refractivity contribution is 8.00. The number of hydrogen-bond donors (Lipinski definition) is 2. The van der Waals surface area contributed by atoms with Gasteiger partial charge >= 0.3 is 0 Å². The van der Waals surface area contributed by atoms with Crippen LogP contribution in [0.4, 0.5) is 11.4 Å². The van der Waals surface area contributed by atoms with Crippen LogP contribution in [0.3, 0.4) is 0 Å². The standard InChI is InChI=1S/C14H18N4OS/c1-9-14(10(2)18(3)17-9)16-13(19)8-20-12-7-5-4-6-11(12)15/h4-7H,8,15H2,1-3H3,(H,16,19). The largest absolute Gasteiger partial charge is 0.398 e. The Balaban J connectivity index is 1.98. The Hall–Kier alpha value is -1.95. The van der Waals surface area contributed by atoms with Crippen molar-refractivity contribution < 1.29 is 4.79 Å². The number of aromatic nitrogens is 2. The summed E-state index contributed by atoms with van der Waals surface area (Å²) in [5.41, 5.74) is 9.10. The van der Waals surface area contributed by atoms with Gasteiger partial charge in [-0.05, 0) is 26.0 Å². The Morgan fingerprint density at radius 1 is 1.40 bits per heavy atom. The molecule has 0 bridgehead atoms. The van der Waals surface area contributed by atoms with Gasteiger partial charge in [0.15, 0.2) is 0 Å². The maximum absolute atomic E-state index is 12.0. The van der Waals surface area contributed by atoms with Crippen molar-refractivity contribution >= 4 is 29.0 Å². The number of rotatable bonds is 4. The van der Waals surface area contributed by atoms with E-state index in [4.69, 9.17) is 5.73 Å². The molecule has 0 saturated carbocycles. The summed E-state index contributed by atoms with van der Waals surface area (Å²) < 4.78 is 1.76. The fourth-order valence-electron chi connectivity index (χ4n) is 1.89. The smallest absolute Gasteiger partial charge is 0.234 e. The number of carbonyl (C=O) groups is 1. The molecule has 5 nitrogen and oxygen atoms in total. The van der Waals surface area contributed by atoms with E-state index in [2.05, 4.69) is 10.4 Å². The van der Waals surface area contributed by atoms with Crippen LogP contribution in [0.1, 0.15) is 11.4 Å². The summed E-state index contributed by atoms with van der Waals surface area (Å²) in [5, 5.41) is 7.18. The van der Waals surface area contributed by atoms with Gasteiger partial charge in [-0.15, -0.1) is 11.8 Å². The molecule has 0 unspecified atom stereocenters. The van der Waals surface area contributed by atoms with Gasteiger partial charge in [-0.2, -0.15) is 5.10 Å². The quantitative estimate of drug-likeness (QED) is 0.669. The molecule has 0 aliphatic carbocycles. The summed E-state index contributed by atoms with van der Waals surface area (Å²) in [6, 6.07) is 7.53. The highest BCUT2D eigenvalue weighted by atomic mass is 32.2. The molecule has 0 radical (unpaired) electrons. The number of hydrogen-bond acceptors (Lipinski definition) is 4. The Kier molecular flexibility index (Phi) is 4.34. The number of nitrogens with zero attached hydrogens (tertiary/aromatic N) is 2.